The molecule has 0 fully saturated rings. The smallest absolute Gasteiger partial charge is 0.416 e. The Balaban J connectivity index is 2.05. The summed E-state index contributed by atoms with van der Waals surface area (Å²) < 4.78 is 38.6. The van der Waals surface area contributed by atoms with Gasteiger partial charge in [0.1, 0.15) is 0 Å². The number of hydrogen-bond donors (Lipinski definition) is 3. The number of benzene rings is 2. The highest BCUT2D eigenvalue weighted by atomic mass is 19.4. The van der Waals surface area contributed by atoms with Crippen LogP contribution in [-0.4, -0.2) is 52.0 Å². The SMILES string of the molecule is CC(C)(C)N(C(=O)O)[C@@H](Cc1ccccc1)[C@@H](O)CNCCc1cccc(C(F)(F)F)c1. The molecular weight excluding hydrogens is 421 g/mol. The van der Waals surface area contributed by atoms with E-state index in [0.29, 0.717) is 24.9 Å². The third-order valence-corrected chi connectivity index (χ3v) is 5.19. The zero-order chi connectivity index (χ0) is 23.9. The number of halogens is 3. The first-order valence-corrected chi connectivity index (χ1v) is 10.5. The van der Waals surface area contributed by atoms with Gasteiger partial charge >= 0.3 is 12.3 Å². The van der Waals surface area contributed by atoms with Crippen LogP contribution in [0.1, 0.15) is 37.5 Å². The molecular formula is C24H31F3N2O3. The molecule has 2 aromatic carbocycles. The predicted octanol–water partition coefficient (Wildman–Crippen LogP) is 4.59. The zero-order valence-electron chi connectivity index (χ0n) is 18.6. The lowest BCUT2D eigenvalue weighted by Crippen LogP contribution is -2.58. The minimum atomic E-state index is -4.39. The maximum absolute atomic E-state index is 12.9. The van der Waals surface area contributed by atoms with Crippen LogP contribution in [0.3, 0.4) is 0 Å². The lowest BCUT2D eigenvalue weighted by molar-refractivity contribution is -0.137. The summed E-state index contributed by atoms with van der Waals surface area (Å²) in [6.45, 7) is 5.77. The lowest BCUT2D eigenvalue weighted by Gasteiger charge is -2.42. The second-order valence-electron chi connectivity index (χ2n) is 8.80. The summed E-state index contributed by atoms with van der Waals surface area (Å²) in [6, 6.07) is 13.8. The second-order valence-corrected chi connectivity index (χ2v) is 8.80. The largest absolute Gasteiger partial charge is 0.465 e. The Morgan fingerprint density at radius 1 is 1.03 bits per heavy atom. The summed E-state index contributed by atoms with van der Waals surface area (Å²) in [4.78, 5) is 13.3. The van der Waals surface area contributed by atoms with Crippen LogP contribution < -0.4 is 5.32 Å². The molecule has 0 radical (unpaired) electrons. The topological polar surface area (TPSA) is 72.8 Å². The fraction of sp³-hybridized carbons (Fsp3) is 0.458. The highest BCUT2D eigenvalue weighted by Gasteiger charge is 2.37. The van der Waals surface area contributed by atoms with Crippen molar-refractivity contribution < 1.29 is 28.2 Å². The average molecular weight is 453 g/mol. The first-order chi connectivity index (χ1) is 14.9. The summed E-state index contributed by atoms with van der Waals surface area (Å²) in [7, 11) is 0. The van der Waals surface area contributed by atoms with E-state index in [4.69, 9.17) is 0 Å². The molecule has 8 heteroatoms. The molecule has 2 aromatic rings. The summed E-state index contributed by atoms with van der Waals surface area (Å²) in [5.74, 6) is 0. The number of carboxylic acid groups (broad SMARTS) is 1. The van der Waals surface area contributed by atoms with Gasteiger partial charge < -0.3 is 15.5 Å². The van der Waals surface area contributed by atoms with E-state index >= 15 is 0 Å². The van der Waals surface area contributed by atoms with Gasteiger partial charge in [-0.05, 0) is 57.4 Å². The maximum atomic E-state index is 12.9. The summed E-state index contributed by atoms with van der Waals surface area (Å²) in [5.41, 5.74) is 0.00496. The third kappa shape index (κ3) is 7.53. The number of aliphatic hydroxyl groups is 1. The van der Waals surface area contributed by atoms with E-state index in [9.17, 15) is 28.2 Å². The molecule has 0 bridgehead atoms. The standard InChI is InChI=1S/C24H31F3N2O3/c1-23(2,3)29(22(31)32)20(15-17-8-5-4-6-9-17)21(30)16-28-13-12-18-10-7-11-19(14-18)24(25,26)27/h4-11,14,20-21,28,30H,12-13,15-16H2,1-3H3,(H,31,32)/t20-,21-/m0/s1. The van der Waals surface area contributed by atoms with Gasteiger partial charge in [0, 0.05) is 12.1 Å². The Bertz CT molecular complexity index is 867. The monoisotopic (exact) mass is 452 g/mol. The molecule has 5 nitrogen and oxygen atoms in total. The van der Waals surface area contributed by atoms with Crippen LogP contribution in [0.5, 0.6) is 0 Å². The van der Waals surface area contributed by atoms with Gasteiger partial charge in [-0.2, -0.15) is 13.2 Å². The number of carbonyl (C=O) groups is 1. The summed E-state index contributed by atoms with van der Waals surface area (Å²) in [6.07, 6.45) is -5.84. The lowest BCUT2D eigenvalue weighted by atomic mass is 9.94. The molecule has 0 saturated heterocycles. The van der Waals surface area contributed by atoms with Crippen LogP contribution in [-0.2, 0) is 19.0 Å². The molecule has 0 heterocycles. The first-order valence-electron chi connectivity index (χ1n) is 10.5. The van der Waals surface area contributed by atoms with E-state index in [2.05, 4.69) is 5.32 Å². The van der Waals surface area contributed by atoms with Crippen LogP contribution in [0, 0.1) is 0 Å². The van der Waals surface area contributed by atoms with Crippen molar-refractivity contribution >= 4 is 6.09 Å². The molecule has 0 saturated carbocycles. The van der Waals surface area contributed by atoms with Gasteiger partial charge in [0.2, 0.25) is 0 Å². The van der Waals surface area contributed by atoms with Crippen molar-refractivity contribution in [2.75, 3.05) is 13.1 Å². The van der Waals surface area contributed by atoms with Crippen molar-refractivity contribution in [2.24, 2.45) is 0 Å². The minimum absolute atomic E-state index is 0.107. The fourth-order valence-electron chi connectivity index (χ4n) is 3.70. The second kappa shape index (κ2) is 10.8. The van der Waals surface area contributed by atoms with Crippen molar-refractivity contribution in [3.05, 3.63) is 71.3 Å². The Hall–Kier alpha value is -2.58. The van der Waals surface area contributed by atoms with Crippen molar-refractivity contribution in [2.45, 2.75) is 57.5 Å². The Kier molecular flexibility index (Phi) is 8.69. The number of aliphatic hydroxyl groups excluding tert-OH is 1. The van der Waals surface area contributed by atoms with E-state index in [1.165, 1.54) is 11.0 Å². The van der Waals surface area contributed by atoms with E-state index in [1.54, 1.807) is 26.8 Å². The van der Waals surface area contributed by atoms with Crippen LogP contribution >= 0.6 is 0 Å². The van der Waals surface area contributed by atoms with E-state index in [1.807, 2.05) is 30.3 Å². The molecule has 0 aliphatic heterocycles. The van der Waals surface area contributed by atoms with Gasteiger partial charge in [0.05, 0.1) is 17.7 Å². The number of nitrogens with zero attached hydrogens (tertiary/aromatic N) is 1. The van der Waals surface area contributed by atoms with Crippen molar-refractivity contribution in [3.8, 4) is 0 Å². The number of rotatable bonds is 9. The molecule has 176 valence electrons. The summed E-state index contributed by atoms with van der Waals surface area (Å²) >= 11 is 0. The molecule has 0 aliphatic rings. The fourth-order valence-corrected chi connectivity index (χ4v) is 3.70. The van der Waals surface area contributed by atoms with Crippen LogP contribution in [0.2, 0.25) is 0 Å². The quantitative estimate of drug-likeness (QED) is 0.487. The van der Waals surface area contributed by atoms with Crippen molar-refractivity contribution in [3.63, 3.8) is 0 Å². The van der Waals surface area contributed by atoms with E-state index in [0.717, 1.165) is 17.7 Å². The van der Waals surface area contributed by atoms with Crippen molar-refractivity contribution in [1.29, 1.82) is 0 Å². The Morgan fingerprint density at radius 3 is 2.22 bits per heavy atom. The van der Waals surface area contributed by atoms with Crippen molar-refractivity contribution in [1.82, 2.24) is 10.2 Å². The average Bonchev–Trinajstić information content (AvgIpc) is 2.69. The molecule has 3 N–H and O–H groups in total. The highest BCUT2D eigenvalue weighted by Crippen LogP contribution is 2.29. The van der Waals surface area contributed by atoms with Gasteiger partial charge in [-0.3, -0.25) is 4.90 Å². The van der Waals surface area contributed by atoms with Crippen LogP contribution in [0.4, 0.5) is 18.0 Å². The molecule has 32 heavy (non-hydrogen) atoms. The van der Waals surface area contributed by atoms with Gasteiger partial charge in [0.15, 0.2) is 0 Å². The van der Waals surface area contributed by atoms with Gasteiger partial charge in [-0.15, -0.1) is 0 Å². The number of nitrogens with one attached hydrogen (secondary N) is 1. The molecule has 1 amide bonds. The first kappa shape index (κ1) is 25.7. The van der Waals surface area contributed by atoms with Gasteiger partial charge in [0.25, 0.3) is 0 Å². The molecule has 2 rings (SSSR count). The number of alkyl halides is 3. The molecule has 0 aromatic heterocycles. The molecule has 0 aliphatic carbocycles. The predicted molar refractivity (Wildman–Crippen MR) is 118 cm³/mol. The number of amides is 1. The minimum Gasteiger partial charge on any atom is -0.465 e. The van der Waals surface area contributed by atoms with Gasteiger partial charge in [-0.25, -0.2) is 4.79 Å². The third-order valence-electron chi connectivity index (χ3n) is 5.19. The Labute approximate surface area is 186 Å². The molecule has 0 unspecified atom stereocenters. The highest BCUT2D eigenvalue weighted by molar-refractivity contribution is 5.66. The zero-order valence-corrected chi connectivity index (χ0v) is 18.6. The van der Waals surface area contributed by atoms with E-state index < -0.39 is 35.5 Å². The molecule has 2 atom stereocenters. The normalized spacial score (nSPS) is 14.1. The van der Waals surface area contributed by atoms with Gasteiger partial charge in [-0.1, -0.05) is 48.5 Å². The maximum Gasteiger partial charge on any atom is 0.416 e. The van der Waals surface area contributed by atoms with E-state index in [-0.39, 0.29) is 6.54 Å². The van der Waals surface area contributed by atoms with Crippen LogP contribution in [0.15, 0.2) is 54.6 Å². The van der Waals surface area contributed by atoms with Crippen LogP contribution in [0.25, 0.3) is 0 Å². The molecule has 0 spiro atoms. The Morgan fingerprint density at radius 2 is 1.66 bits per heavy atom. The number of hydrogen-bond acceptors (Lipinski definition) is 3. The summed E-state index contributed by atoms with van der Waals surface area (Å²) in [5, 5.41) is 23.8.